The van der Waals surface area contributed by atoms with Crippen molar-refractivity contribution in [2.45, 2.75) is 50.3 Å². The molecule has 1 aromatic rings. The van der Waals surface area contributed by atoms with Crippen LogP contribution in [-0.4, -0.2) is 86.5 Å². The summed E-state index contributed by atoms with van der Waals surface area (Å²) in [5.41, 5.74) is -0.130. The molecular formula is C29H32F3N3O7. The third-order valence-corrected chi connectivity index (χ3v) is 9.05. The summed E-state index contributed by atoms with van der Waals surface area (Å²) >= 11 is 0. The Morgan fingerprint density at radius 3 is 2.33 bits per heavy atom. The van der Waals surface area contributed by atoms with Gasteiger partial charge >= 0.3 is 6.08 Å². The summed E-state index contributed by atoms with van der Waals surface area (Å²) in [6, 6.07) is -0.103. The summed E-state index contributed by atoms with van der Waals surface area (Å²) in [7, 11) is 2.97. The van der Waals surface area contributed by atoms with Crippen LogP contribution in [-0.2, 0) is 22.6 Å². The number of aromatic hydroxyl groups is 1. The largest absolute Gasteiger partial charge is 0.510 e. The zero-order valence-corrected chi connectivity index (χ0v) is 23.1. The smallest absolute Gasteiger partial charge is 0.306 e. The number of carbonyl (C=O) groups is 3. The highest BCUT2D eigenvalue weighted by Crippen LogP contribution is 2.53. The molecule has 5 rings (SSSR count). The summed E-state index contributed by atoms with van der Waals surface area (Å²) in [4.78, 5) is 42.9. The number of rotatable bonds is 5. The Labute approximate surface area is 239 Å². The number of nitrogens with two attached hydrogens (primary N) is 1. The number of benzene rings is 1. The number of phenolic OH excluding ortho intramolecular Hbond substituents is 1. The highest BCUT2D eigenvalue weighted by atomic mass is 19.3. The number of Topliss-reactive ketones (excluding diaryl/α,β-unsaturated/α-hetero) is 2. The zero-order chi connectivity index (χ0) is 30.8. The minimum atomic E-state index is -2.84. The molecule has 4 atom stereocenters. The number of piperidine rings is 1. The highest BCUT2D eigenvalue weighted by Gasteiger charge is 2.63. The van der Waals surface area contributed by atoms with Gasteiger partial charge < -0.3 is 26.2 Å². The number of hydrogen-bond donors (Lipinski definition) is 5. The van der Waals surface area contributed by atoms with Crippen molar-refractivity contribution >= 4 is 23.3 Å². The summed E-state index contributed by atoms with van der Waals surface area (Å²) in [5.74, 6) is -10.4. The van der Waals surface area contributed by atoms with Gasteiger partial charge in [-0.3, -0.25) is 24.2 Å². The average Bonchev–Trinajstić information content (AvgIpc) is 2.92. The predicted octanol–water partition coefficient (Wildman–Crippen LogP) is 2.64. The van der Waals surface area contributed by atoms with Crippen molar-refractivity contribution in [3.8, 4) is 5.75 Å². The number of aliphatic hydroxyl groups excluding tert-OH is 2. The molecule has 0 saturated carbocycles. The molecule has 1 heterocycles. The Morgan fingerprint density at radius 2 is 1.76 bits per heavy atom. The van der Waals surface area contributed by atoms with E-state index in [4.69, 9.17) is 5.73 Å². The van der Waals surface area contributed by atoms with Gasteiger partial charge in [-0.25, -0.2) is 4.39 Å². The molecule has 1 fully saturated rings. The Hall–Kier alpha value is -3.68. The van der Waals surface area contributed by atoms with Crippen LogP contribution in [0.15, 0.2) is 34.8 Å². The van der Waals surface area contributed by atoms with Crippen LogP contribution in [0.5, 0.6) is 5.75 Å². The maximum atomic E-state index is 15.0. The molecule has 1 saturated heterocycles. The molecule has 0 spiro atoms. The quantitative estimate of drug-likeness (QED) is 0.324. The maximum Gasteiger partial charge on any atom is 0.306 e. The first-order valence-electron chi connectivity index (χ1n) is 13.7. The fraction of sp³-hybridized carbons (Fsp3) is 0.483. The van der Waals surface area contributed by atoms with Crippen LogP contribution < -0.4 is 5.73 Å². The Morgan fingerprint density at radius 1 is 1.12 bits per heavy atom. The van der Waals surface area contributed by atoms with E-state index >= 15 is 0 Å². The van der Waals surface area contributed by atoms with E-state index in [0.717, 1.165) is 25.3 Å². The molecule has 4 aliphatic rings. The summed E-state index contributed by atoms with van der Waals surface area (Å²) in [6.45, 7) is 1.35. The number of allylic oxidation sites excluding steroid dienone is 1. The number of nitrogens with zero attached hydrogens (tertiary/aromatic N) is 2. The van der Waals surface area contributed by atoms with E-state index in [1.54, 1.807) is 0 Å². The maximum absolute atomic E-state index is 15.0. The molecule has 10 nitrogen and oxygen atoms in total. The van der Waals surface area contributed by atoms with Gasteiger partial charge in [0.05, 0.1) is 11.6 Å². The second-order valence-electron chi connectivity index (χ2n) is 11.7. The van der Waals surface area contributed by atoms with Crippen molar-refractivity contribution in [3.05, 3.63) is 57.1 Å². The van der Waals surface area contributed by atoms with Crippen molar-refractivity contribution in [2.24, 2.45) is 17.6 Å². The number of likely N-dealkylation sites (tertiary alicyclic amines) is 1. The lowest BCUT2D eigenvalue weighted by Crippen LogP contribution is -2.63. The highest BCUT2D eigenvalue weighted by molar-refractivity contribution is 6.24. The third-order valence-electron chi connectivity index (χ3n) is 9.05. The molecule has 6 N–H and O–H groups in total. The molecule has 3 aliphatic carbocycles. The van der Waals surface area contributed by atoms with Crippen LogP contribution in [0.4, 0.5) is 13.2 Å². The second kappa shape index (κ2) is 10.5. The van der Waals surface area contributed by atoms with Gasteiger partial charge in [0.1, 0.15) is 22.8 Å². The molecule has 1 aliphatic heterocycles. The van der Waals surface area contributed by atoms with Crippen molar-refractivity contribution in [2.75, 3.05) is 27.2 Å². The molecule has 1 aromatic carbocycles. The van der Waals surface area contributed by atoms with Crippen LogP contribution in [0.1, 0.15) is 52.7 Å². The topological polar surface area (TPSA) is 165 Å². The first-order chi connectivity index (χ1) is 19.7. The predicted molar refractivity (Wildman–Crippen MR) is 143 cm³/mol. The van der Waals surface area contributed by atoms with Crippen LogP contribution >= 0.6 is 0 Å². The number of halogens is 3. The van der Waals surface area contributed by atoms with Crippen molar-refractivity contribution < 1.29 is 48.0 Å². The minimum Gasteiger partial charge on any atom is -0.510 e. The van der Waals surface area contributed by atoms with Crippen molar-refractivity contribution in [3.63, 3.8) is 0 Å². The van der Waals surface area contributed by atoms with Gasteiger partial charge in [-0.1, -0.05) is 6.42 Å². The molecule has 1 amide bonds. The van der Waals surface area contributed by atoms with Gasteiger partial charge in [0.2, 0.25) is 5.78 Å². The number of ketones is 2. The lowest BCUT2D eigenvalue weighted by atomic mass is 9.58. The number of fused-ring (bicyclic) bond motifs is 3. The fourth-order valence-corrected chi connectivity index (χ4v) is 7.15. The van der Waals surface area contributed by atoms with Gasteiger partial charge in [-0.05, 0) is 70.4 Å². The number of hydrogen-bond acceptors (Lipinski definition) is 9. The van der Waals surface area contributed by atoms with Gasteiger partial charge in [0.25, 0.3) is 5.91 Å². The van der Waals surface area contributed by atoms with Crippen molar-refractivity contribution in [1.29, 1.82) is 0 Å². The molecular weight excluding hydrogens is 559 g/mol. The van der Waals surface area contributed by atoms with Crippen LogP contribution in [0, 0.1) is 11.8 Å². The summed E-state index contributed by atoms with van der Waals surface area (Å²) < 4.78 is 42.2. The zero-order valence-electron chi connectivity index (χ0n) is 23.1. The van der Waals surface area contributed by atoms with E-state index in [-0.39, 0.29) is 30.5 Å². The van der Waals surface area contributed by atoms with Crippen LogP contribution in [0.3, 0.4) is 0 Å². The first-order valence-corrected chi connectivity index (χ1v) is 13.7. The average molecular weight is 592 g/mol. The van der Waals surface area contributed by atoms with Gasteiger partial charge in [-0.15, -0.1) is 0 Å². The molecule has 0 radical (unpaired) electrons. The first kappa shape index (κ1) is 29.8. The number of carbonyl (C=O) groups excluding carboxylic acids is 3. The molecule has 226 valence electrons. The molecule has 42 heavy (non-hydrogen) atoms. The van der Waals surface area contributed by atoms with Gasteiger partial charge in [0.15, 0.2) is 17.2 Å². The standard InChI is InChI=1S/C29H32F3N3O7/c1-34(2)21-16-10-12-8-14-15(20(30)27(31)32)9-13(11-35-6-4-3-5-7-35)22(36)18(14)23(37)17(12)25(39)29(16,42)26(40)19(24(21)38)28(33)41/h9,12,16,21,36,38-39,42H,3-8,10-11H2,1-2H3,(H2,33,41)/t12-,16-,21-,29-/m0/s1. The van der Waals surface area contributed by atoms with Crippen LogP contribution in [0.25, 0.3) is 5.83 Å². The van der Waals surface area contributed by atoms with E-state index in [2.05, 4.69) is 0 Å². The lowest BCUT2D eigenvalue weighted by molar-refractivity contribution is -0.148. The second-order valence-corrected chi connectivity index (χ2v) is 11.7. The van der Waals surface area contributed by atoms with Gasteiger partial charge in [-0.2, -0.15) is 8.78 Å². The van der Waals surface area contributed by atoms with E-state index in [1.807, 2.05) is 4.90 Å². The molecule has 0 unspecified atom stereocenters. The van der Waals surface area contributed by atoms with Crippen molar-refractivity contribution in [1.82, 2.24) is 9.80 Å². The van der Waals surface area contributed by atoms with E-state index in [1.165, 1.54) is 19.0 Å². The number of amides is 1. The SMILES string of the molecule is CN(C)[C@@H]1C(O)=C(C(N)=O)C(=O)[C@@]2(O)C(O)=C3C(=O)c4c(O)c(CN5CCCCC5)cc(C(F)=C(F)F)c4C[C@H]3C[C@@H]12. The summed E-state index contributed by atoms with van der Waals surface area (Å²) in [5, 5.41) is 45.2. The Kier molecular flexibility index (Phi) is 7.48. The molecule has 13 heteroatoms. The van der Waals surface area contributed by atoms with E-state index < -0.39 is 92.4 Å². The van der Waals surface area contributed by atoms with E-state index in [0.29, 0.717) is 13.1 Å². The Bertz CT molecular complexity index is 1490. The van der Waals surface area contributed by atoms with E-state index in [9.17, 15) is 48.0 Å². The third kappa shape index (κ3) is 4.33. The molecule has 0 bridgehead atoms. The monoisotopic (exact) mass is 591 g/mol. The number of aliphatic hydroxyl groups is 3. The minimum absolute atomic E-state index is 0.0339. The molecule has 0 aromatic heterocycles. The van der Waals surface area contributed by atoms with Gasteiger partial charge in [0, 0.05) is 29.2 Å². The fourth-order valence-electron chi connectivity index (χ4n) is 7.15. The Balaban J connectivity index is 1.71. The number of likely N-dealkylation sites (N-methyl/N-ethyl adjacent to an activating group) is 1. The lowest BCUT2D eigenvalue weighted by Gasteiger charge is -2.50. The summed E-state index contributed by atoms with van der Waals surface area (Å²) in [6.07, 6.45) is -0.427. The van der Waals surface area contributed by atoms with Crippen LogP contribution in [0.2, 0.25) is 0 Å². The number of phenols is 1. The normalized spacial score (nSPS) is 28.0. The number of primary amides is 1.